The van der Waals surface area contributed by atoms with E-state index in [4.69, 9.17) is 0 Å². The molecule has 0 aliphatic heterocycles. The third-order valence-electron chi connectivity index (χ3n) is 3.31. The number of carbonyl (C=O) groups excluding carboxylic acids is 1. The SMILES string of the molecule is CCC(CC)C(=O)N(Cc1ccccn1)CC(C)C. The van der Waals surface area contributed by atoms with Gasteiger partial charge in [0.05, 0.1) is 12.2 Å². The van der Waals surface area contributed by atoms with Crippen LogP contribution in [-0.4, -0.2) is 22.3 Å². The first kappa shape index (κ1) is 15.7. The van der Waals surface area contributed by atoms with Crippen molar-refractivity contribution < 1.29 is 4.79 Å². The first-order chi connectivity index (χ1) is 9.08. The summed E-state index contributed by atoms with van der Waals surface area (Å²) in [6.45, 7) is 9.87. The predicted molar refractivity (Wildman–Crippen MR) is 78.6 cm³/mol. The van der Waals surface area contributed by atoms with Crippen LogP contribution in [0.3, 0.4) is 0 Å². The normalized spacial score (nSPS) is 11.1. The molecule has 0 saturated heterocycles. The molecule has 0 radical (unpaired) electrons. The van der Waals surface area contributed by atoms with Gasteiger partial charge in [-0.3, -0.25) is 9.78 Å². The van der Waals surface area contributed by atoms with Crippen molar-refractivity contribution in [3.63, 3.8) is 0 Å². The molecule has 3 nitrogen and oxygen atoms in total. The summed E-state index contributed by atoms with van der Waals surface area (Å²) in [7, 11) is 0. The number of rotatable bonds is 7. The summed E-state index contributed by atoms with van der Waals surface area (Å²) in [6, 6.07) is 5.85. The van der Waals surface area contributed by atoms with Gasteiger partial charge in [0.2, 0.25) is 5.91 Å². The Bertz CT molecular complexity index is 372. The summed E-state index contributed by atoms with van der Waals surface area (Å²) in [6.07, 6.45) is 3.60. The van der Waals surface area contributed by atoms with Gasteiger partial charge in [0.1, 0.15) is 0 Å². The topological polar surface area (TPSA) is 33.2 Å². The molecule has 0 aliphatic carbocycles. The fraction of sp³-hybridized carbons (Fsp3) is 0.625. The molecule has 106 valence electrons. The maximum atomic E-state index is 12.5. The van der Waals surface area contributed by atoms with Crippen LogP contribution in [0, 0.1) is 11.8 Å². The first-order valence-corrected chi connectivity index (χ1v) is 7.27. The highest BCUT2D eigenvalue weighted by Crippen LogP contribution is 2.15. The Labute approximate surface area is 117 Å². The molecule has 0 fully saturated rings. The quantitative estimate of drug-likeness (QED) is 0.753. The molecule has 1 aromatic heterocycles. The third-order valence-corrected chi connectivity index (χ3v) is 3.31. The molecule has 1 aromatic rings. The highest BCUT2D eigenvalue weighted by Gasteiger charge is 2.22. The molecule has 0 aromatic carbocycles. The van der Waals surface area contributed by atoms with Gasteiger partial charge in [-0.05, 0) is 30.9 Å². The second-order valence-corrected chi connectivity index (χ2v) is 5.45. The van der Waals surface area contributed by atoms with E-state index in [0.29, 0.717) is 12.5 Å². The van der Waals surface area contributed by atoms with E-state index in [1.54, 1.807) is 6.20 Å². The third kappa shape index (κ3) is 5.01. The zero-order valence-electron chi connectivity index (χ0n) is 12.6. The van der Waals surface area contributed by atoms with Crippen molar-refractivity contribution in [3.8, 4) is 0 Å². The van der Waals surface area contributed by atoms with Gasteiger partial charge in [-0.1, -0.05) is 33.8 Å². The number of pyridine rings is 1. The fourth-order valence-electron chi connectivity index (χ4n) is 2.26. The Morgan fingerprint density at radius 1 is 1.26 bits per heavy atom. The summed E-state index contributed by atoms with van der Waals surface area (Å²) >= 11 is 0. The number of carbonyl (C=O) groups is 1. The summed E-state index contributed by atoms with van der Waals surface area (Å²) in [5.74, 6) is 0.883. The van der Waals surface area contributed by atoms with Crippen molar-refractivity contribution >= 4 is 5.91 Å². The Morgan fingerprint density at radius 2 is 1.95 bits per heavy atom. The van der Waals surface area contributed by atoms with E-state index in [-0.39, 0.29) is 11.8 Å². The lowest BCUT2D eigenvalue weighted by molar-refractivity contribution is -0.137. The molecule has 0 saturated carbocycles. The second kappa shape index (κ2) is 7.93. The maximum absolute atomic E-state index is 12.5. The lowest BCUT2D eigenvalue weighted by Crippen LogP contribution is -2.38. The lowest BCUT2D eigenvalue weighted by Gasteiger charge is -2.27. The van der Waals surface area contributed by atoms with Crippen LogP contribution in [0.4, 0.5) is 0 Å². The van der Waals surface area contributed by atoms with Crippen LogP contribution in [0.2, 0.25) is 0 Å². The Kier molecular flexibility index (Phi) is 6.54. The van der Waals surface area contributed by atoms with Gasteiger partial charge in [0.25, 0.3) is 0 Å². The van der Waals surface area contributed by atoms with Crippen LogP contribution in [-0.2, 0) is 11.3 Å². The van der Waals surface area contributed by atoms with E-state index in [1.807, 2.05) is 23.1 Å². The summed E-state index contributed by atoms with van der Waals surface area (Å²) in [5.41, 5.74) is 0.961. The molecular formula is C16H26N2O. The monoisotopic (exact) mass is 262 g/mol. The molecule has 1 rings (SSSR count). The molecule has 1 amide bonds. The average Bonchev–Trinajstić information content (AvgIpc) is 2.40. The standard InChI is InChI=1S/C16H26N2O/c1-5-14(6-2)16(19)18(11-13(3)4)12-15-9-7-8-10-17-15/h7-10,13-14H,5-6,11-12H2,1-4H3. The van der Waals surface area contributed by atoms with Crippen LogP contribution in [0.15, 0.2) is 24.4 Å². The highest BCUT2D eigenvalue weighted by atomic mass is 16.2. The van der Waals surface area contributed by atoms with E-state index < -0.39 is 0 Å². The van der Waals surface area contributed by atoms with Crippen molar-refractivity contribution in [2.75, 3.05) is 6.54 Å². The summed E-state index contributed by atoms with van der Waals surface area (Å²) in [5, 5.41) is 0. The molecule has 0 bridgehead atoms. The van der Waals surface area contributed by atoms with Gasteiger partial charge in [-0.2, -0.15) is 0 Å². The van der Waals surface area contributed by atoms with Gasteiger partial charge in [-0.15, -0.1) is 0 Å². The van der Waals surface area contributed by atoms with E-state index in [1.165, 1.54) is 0 Å². The first-order valence-electron chi connectivity index (χ1n) is 7.27. The fourth-order valence-corrected chi connectivity index (χ4v) is 2.26. The molecule has 0 aliphatic rings. The molecule has 0 N–H and O–H groups in total. The van der Waals surface area contributed by atoms with Crippen molar-refractivity contribution in [2.24, 2.45) is 11.8 Å². The molecular weight excluding hydrogens is 236 g/mol. The zero-order valence-corrected chi connectivity index (χ0v) is 12.6. The van der Waals surface area contributed by atoms with Crippen LogP contribution < -0.4 is 0 Å². The number of nitrogens with zero attached hydrogens (tertiary/aromatic N) is 2. The molecule has 0 unspecified atom stereocenters. The number of hydrogen-bond acceptors (Lipinski definition) is 2. The minimum Gasteiger partial charge on any atom is -0.336 e. The van der Waals surface area contributed by atoms with Gasteiger partial charge in [0.15, 0.2) is 0 Å². The summed E-state index contributed by atoms with van der Waals surface area (Å²) in [4.78, 5) is 18.8. The van der Waals surface area contributed by atoms with Crippen LogP contribution in [0.1, 0.15) is 46.2 Å². The largest absolute Gasteiger partial charge is 0.336 e. The number of aromatic nitrogens is 1. The van der Waals surface area contributed by atoms with Gasteiger partial charge in [-0.25, -0.2) is 0 Å². The maximum Gasteiger partial charge on any atom is 0.226 e. The van der Waals surface area contributed by atoms with Crippen LogP contribution >= 0.6 is 0 Å². The van der Waals surface area contributed by atoms with Crippen molar-refractivity contribution in [1.82, 2.24) is 9.88 Å². The highest BCUT2D eigenvalue weighted by molar-refractivity contribution is 5.78. The molecule has 0 spiro atoms. The van der Waals surface area contributed by atoms with E-state index in [0.717, 1.165) is 25.1 Å². The Balaban J connectivity index is 2.79. The number of hydrogen-bond donors (Lipinski definition) is 0. The minimum absolute atomic E-state index is 0.141. The average molecular weight is 262 g/mol. The van der Waals surface area contributed by atoms with E-state index in [9.17, 15) is 4.79 Å². The molecule has 19 heavy (non-hydrogen) atoms. The smallest absolute Gasteiger partial charge is 0.226 e. The molecule has 3 heteroatoms. The van der Waals surface area contributed by atoms with Crippen molar-refractivity contribution in [3.05, 3.63) is 30.1 Å². The second-order valence-electron chi connectivity index (χ2n) is 5.45. The Morgan fingerprint density at radius 3 is 2.42 bits per heavy atom. The van der Waals surface area contributed by atoms with Crippen molar-refractivity contribution in [1.29, 1.82) is 0 Å². The minimum atomic E-state index is 0.141. The molecule has 0 atom stereocenters. The number of amides is 1. The zero-order chi connectivity index (χ0) is 14.3. The van der Waals surface area contributed by atoms with E-state index >= 15 is 0 Å². The lowest BCUT2D eigenvalue weighted by atomic mass is 10.0. The van der Waals surface area contributed by atoms with E-state index in [2.05, 4.69) is 32.7 Å². The van der Waals surface area contributed by atoms with Crippen LogP contribution in [0.25, 0.3) is 0 Å². The van der Waals surface area contributed by atoms with Crippen LogP contribution in [0.5, 0.6) is 0 Å². The Hall–Kier alpha value is -1.38. The van der Waals surface area contributed by atoms with Gasteiger partial charge in [0, 0.05) is 18.7 Å². The van der Waals surface area contributed by atoms with Gasteiger partial charge < -0.3 is 4.90 Å². The van der Waals surface area contributed by atoms with Gasteiger partial charge >= 0.3 is 0 Å². The molecule has 1 heterocycles. The summed E-state index contributed by atoms with van der Waals surface area (Å²) < 4.78 is 0. The predicted octanol–water partition coefficient (Wildman–Crippen LogP) is 3.50. The van der Waals surface area contributed by atoms with Crippen molar-refractivity contribution in [2.45, 2.75) is 47.1 Å².